The first-order chi connectivity index (χ1) is 13.5. The van der Waals surface area contributed by atoms with Crippen molar-refractivity contribution in [2.75, 3.05) is 58.5 Å². The number of rotatable bonds is 3. The third kappa shape index (κ3) is 3.37. The van der Waals surface area contributed by atoms with Crippen LogP contribution in [-0.4, -0.2) is 80.7 Å². The Morgan fingerprint density at radius 2 is 1.96 bits per heavy atom. The van der Waals surface area contributed by atoms with Gasteiger partial charge in [0, 0.05) is 51.4 Å². The van der Waals surface area contributed by atoms with Crippen LogP contribution < -0.4 is 9.64 Å². The summed E-state index contributed by atoms with van der Waals surface area (Å²) in [5.41, 5.74) is 0.751. The van der Waals surface area contributed by atoms with Gasteiger partial charge in [0.1, 0.15) is 5.75 Å². The highest BCUT2D eigenvalue weighted by Gasteiger charge is 2.45. The molecule has 1 spiro atoms. The summed E-state index contributed by atoms with van der Waals surface area (Å²) in [5, 5.41) is 0. The number of amides is 2. The summed E-state index contributed by atoms with van der Waals surface area (Å²) >= 11 is 0. The SMILES string of the molecule is COc1ccccc1N1CC(C(=O)N2CCN(C)C3(CCOCC3)C2)CC1=O. The van der Waals surface area contributed by atoms with Gasteiger partial charge in [-0.2, -0.15) is 0 Å². The molecular weight excluding hydrogens is 358 g/mol. The van der Waals surface area contributed by atoms with Crippen LogP contribution in [0.5, 0.6) is 5.75 Å². The predicted molar refractivity (Wildman–Crippen MR) is 105 cm³/mol. The van der Waals surface area contributed by atoms with Crippen LogP contribution in [0.25, 0.3) is 0 Å². The quantitative estimate of drug-likeness (QED) is 0.784. The van der Waals surface area contributed by atoms with Gasteiger partial charge in [-0.25, -0.2) is 0 Å². The van der Waals surface area contributed by atoms with Crippen molar-refractivity contribution in [1.29, 1.82) is 0 Å². The maximum absolute atomic E-state index is 13.3. The van der Waals surface area contributed by atoms with Gasteiger partial charge in [0.25, 0.3) is 0 Å². The number of ether oxygens (including phenoxy) is 2. The Balaban J connectivity index is 1.47. The lowest BCUT2D eigenvalue weighted by molar-refractivity contribution is -0.143. The van der Waals surface area contributed by atoms with E-state index < -0.39 is 0 Å². The second-order valence-electron chi connectivity index (χ2n) is 8.10. The largest absolute Gasteiger partial charge is 0.495 e. The van der Waals surface area contributed by atoms with Gasteiger partial charge >= 0.3 is 0 Å². The Labute approximate surface area is 166 Å². The molecular formula is C21H29N3O4. The summed E-state index contributed by atoms with van der Waals surface area (Å²) in [5.74, 6) is 0.449. The maximum Gasteiger partial charge on any atom is 0.228 e. The molecule has 3 heterocycles. The molecule has 152 valence electrons. The Bertz CT molecular complexity index is 747. The minimum absolute atomic E-state index is 0.0110. The normalized spacial score (nSPS) is 25.4. The van der Waals surface area contributed by atoms with E-state index in [1.54, 1.807) is 12.0 Å². The lowest BCUT2D eigenvalue weighted by Crippen LogP contribution is -2.64. The molecule has 2 amide bonds. The van der Waals surface area contributed by atoms with Crippen LogP contribution in [-0.2, 0) is 14.3 Å². The van der Waals surface area contributed by atoms with Crippen molar-refractivity contribution >= 4 is 17.5 Å². The molecule has 3 saturated heterocycles. The molecule has 1 aromatic rings. The van der Waals surface area contributed by atoms with E-state index >= 15 is 0 Å². The number of hydrogen-bond acceptors (Lipinski definition) is 5. The number of benzene rings is 1. The van der Waals surface area contributed by atoms with Gasteiger partial charge in [-0.05, 0) is 32.0 Å². The third-order valence-electron chi connectivity index (χ3n) is 6.59. The zero-order chi connectivity index (χ0) is 19.7. The number of hydrogen-bond donors (Lipinski definition) is 0. The smallest absolute Gasteiger partial charge is 0.228 e. The van der Waals surface area contributed by atoms with E-state index in [0.29, 0.717) is 12.3 Å². The predicted octanol–water partition coefficient (Wildman–Crippen LogP) is 1.37. The van der Waals surface area contributed by atoms with E-state index in [0.717, 1.165) is 51.4 Å². The fourth-order valence-electron chi connectivity index (χ4n) is 4.76. The molecule has 7 heteroatoms. The maximum atomic E-state index is 13.3. The zero-order valence-corrected chi connectivity index (χ0v) is 16.7. The topological polar surface area (TPSA) is 62.3 Å². The molecule has 0 saturated carbocycles. The van der Waals surface area contributed by atoms with Crippen molar-refractivity contribution in [2.24, 2.45) is 5.92 Å². The summed E-state index contributed by atoms with van der Waals surface area (Å²) in [6, 6.07) is 7.47. The Morgan fingerprint density at radius 3 is 2.71 bits per heavy atom. The molecule has 1 aromatic carbocycles. The van der Waals surface area contributed by atoms with Crippen LogP contribution in [0.4, 0.5) is 5.69 Å². The van der Waals surface area contributed by atoms with Gasteiger partial charge in [-0.1, -0.05) is 12.1 Å². The first kappa shape index (κ1) is 19.2. The highest BCUT2D eigenvalue weighted by atomic mass is 16.5. The van der Waals surface area contributed by atoms with Crippen LogP contribution in [0.2, 0.25) is 0 Å². The molecule has 1 unspecified atom stereocenters. The van der Waals surface area contributed by atoms with E-state index in [1.165, 1.54) is 0 Å². The first-order valence-corrected chi connectivity index (χ1v) is 10.1. The monoisotopic (exact) mass is 387 g/mol. The lowest BCUT2D eigenvalue weighted by atomic mass is 9.85. The first-order valence-electron chi connectivity index (χ1n) is 10.1. The number of nitrogens with zero attached hydrogens (tertiary/aromatic N) is 3. The van der Waals surface area contributed by atoms with Gasteiger partial charge in [0.15, 0.2) is 0 Å². The van der Waals surface area contributed by atoms with E-state index in [2.05, 4.69) is 11.9 Å². The van der Waals surface area contributed by atoms with Gasteiger partial charge in [0.2, 0.25) is 11.8 Å². The lowest BCUT2D eigenvalue weighted by Gasteiger charge is -2.51. The molecule has 3 aliphatic heterocycles. The average molecular weight is 387 g/mol. The number of anilines is 1. The fourth-order valence-corrected chi connectivity index (χ4v) is 4.76. The second-order valence-corrected chi connectivity index (χ2v) is 8.10. The number of carbonyl (C=O) groups is 2. The summed E-state index contributed by atoms with van der Waals surface area (Å²) in [7, 11) is 3.75. The minimum atomic E-state index is -0.294. The van der Waals surface area contributed by atoms with Gasteiger partial charge in [0.05, 0.1) is 18.7 Å². The highest BCUT2D eigenvalue weighted by Crippen LogP contribution is 2.35. The summed E-state index contributed by atoms with van der Waals surface area (Å²) < 4.78 is 10.9. The van der Waals surface area contributed by atoms with E-state index in [1.807, 2.05) is 29.2 Å². The molecule has 28 heavy (non-hydrogen) atoms. The highest BCUT2D eigenvalue weighted by molar-refractivity contribution is 6.01. The van der Waals surface area contributed by atoms with Gasteiger partial charge in [-0.15, -0.1) is 0 Å². The molecule has 4 rings (SSSR count). The van der Waals surface area contributed by atoms with Crippen molar-refractivity contribution in [3.05, 3.63) is 24.3 Å². The van der Waals surface area contributed by atoms with Crippen molar-refractivity contribution in [1.82, 2.24) is 9.80 Å². The number of para-hydroxylation sites is 2. The number of methoxy groups -OCH3 is 1. The molecule has 7 nitrogen and oxygen atoms in total. The van der Waals surface area contributed by atoms with Crippen molar-refractivity contribution < 1.29 is 19.1 Å². The standard InChI is InChI=1S/C21H29N3O4/c1-22-9-10-23(15-21(22)7-11-28-12-8-21)20(26)16-13-19(25)24(14-16)17-5-3-4-6-18(17)27-2/h3-6,16H,7-15H2,1-2H3. The minimum Gasteiger partial charge on any atom is -0.495 e. The van der Waals surface area contributed by atoms with Crippen molar-refractivity contribution in [2.45, 2.75) is 24.8 Å². The third-order valence-corrected chi connectivity index (χ3v) is 6.59. The summed E-state index contributed by atoms with van der Waals surface area (Å²) in [4.78, 5) is 32.0. The van der Waals surface area contributed by atoms with Crippen molar-refractivity contribution in [3.8, 4) is 5.75 Å². The molecule has 0 aromatic heterocycles. The van der Waals surface area contributed by atoms with Crippen LogP contribution in [0.1, 0.15) is 19.3 Å². The van der Waals surface area contributed by atoms with Crippen LogP contribution in [0.15, 0.2) is 24.3 Å². The molecule has 1 atom stereocenters. The Morgan fingerprint density at radius 1 is 1.21 bits per heavy atom. The fraction of sp³-hybridized carbons (Fsp3) is 0.619. The molecule has 0 radical (unpaired) electrons. The van der Waals surface area contributed by atoms with Gasteiger partial charge < -0.3 is 19.3 Å². The van der Waals surface area contributed by atoms with E-state index in [9.17, 15) is 9.59 Å². The number of piperazine rings is 1. The van der Waals surface area contributed by atoms with Crippen LogP contribution in [0, 0.1) is 5.92 Å². The van der Waals surface area contributed by atoms with Crippen LogP contribution in [0.3, 0.4) is 0 Å². The summed E-state index contributed by atoms with van der Waals surface area (Å²) in [6.07, 6.45) is 2.16. The summed E-state index contributed by atoms with van der Waals surface area (Å²) in [6.45, 7) is 4.22. The Kier molecular flexibility index (Phi) is 5.29. The van der Waals surface area contributed by atoms with E-state index in [4.69, 9.17) is 9.47 Å². The molecule has 0 aliphatic carbocycles. The van der Waals surface area contributed by atoms with Crippen LogP contribution >= 0.6 is 0 Å². The zero-order valence-electron chi connectivity index (χ0n) is 16.7. The number of carbonyl (C=O) groups excluding carboxylic acids is 2. The molecule has 0 N–H and O–H groups in total. The van der Waals surface area contributed by atoms with E-state index in [-0.39, 0.29) is 29.7 Å². The Hall–Kier alpha value is -2.12. The van der Waals surface area contributed by atoms with Gasteiger partial charge in [-0.3, -0.25) is 14.5 Å². The molecule has 3 aliphatic rings. The molecule has 3 fully saturated rings. The average Bonchev–Trinajstić information content (AvgIpc) is 3.11. The molecule has 0 bridgehead atoms. The second kappa shape index (κ2) is 7.72. The van der Waals surface area contributed by atoms with Crippen molar-refractivity contribution in [3.63, 3.8) is 0 Å². The number of likely N-dealkylation sites (N-methyl/N-ethyl adjacent to an activating group) is 1.